The van der Waals surface area contributed by atoms with E-state index >= 15 is 0 Å². The molecule has 102 valence electrons. The first-order valence-electron chi connectivity index (χ1n) is 7.57. The van der Waals surface area contributed by atoms with Crippen LogP contribution >= 0.6 is 0 Å². The lowest BCUT2D eigenvalue weighted by atomic mass is 10.1. The molecule has 2 nitrogen and oxygen atoms in total. The SMILES string of the molecule is CCCCCCC(C)OC1CCCCCC1O. The Hall–Kier alpha value is -0.0800. The van der Waals surface area contributed by atoms with Gasteiger partial charge in [0.05, 0.1) is 18.3 Å². The second kappa shape index (κ2) is 8.93. The number of aliphatic hydroxyl groups is 1. The second-order valence-corrected chi connectivity index (χ2v) is 5.54. The molecule has 3 atom stereocenters. The molecule has 3 unspecified atom stereocenters. The number of hydrogen-bond acceptors (Lipinski definition) is 2. The van der Waals surface area contributed by atoms with Crippen LogP contribution in [0, 0.1) is 0 Å². The van der Waals surface area contributed by atoms with Gasteiger partial charge >= 0.3 is 0 Å². The molecule has 0 radical (unpaired) electrons. The lowest BCUT2D eigenvalue weighted by molar-refractivity contribution is -0.0757. The van der Waals surface area contributed by atoms with Gasteiger partial charge in [-0.05, 0) is 26.2 Å². The van der Waals surface area contributed by atoms with Gasteiger partial charge in [-0.25, -0.2) is 0 Å². The third kappa shape index (κ3) is 6.42. The van der Waals surface area contributed by atoms with E-state index in [9.17, 15) is 5.11 Å². The van der Waals surface area contributed by atoms with Crippen molar-refractivity contribution in [2.75, 3.05) is 0 Å². The van der Waals surface area contributed by atoms with Crippen LogP contribution in [0.4, 0.5) is 0 Å². The molecule has 0 spiro atoms. The number of unbranched alkanes of at least 4 members (excludes halogenated alkanes) is 3. The van der Waals surface area contributed by atoms with E-state index in [4.69, 9.17) is 4.74 Å². The summed E-state index contributed by atoms with van der Waals surface area (Å²) < 4.78 is 6.01. The van der Waals surface area contributed by atoms with E-state index in [-0.39, 0.29) is 12.2 Å². The Morgan fingerprint density at radius 1 is 1.12 bits per heavy atom. The van der Waals surface area contributed by atoms with E-state index in [2.05, 4.69) is 13.8 Å². The summed E-state index contributed by atoms with van der Waals surface area (Å²) in [5, 5.41) is 9.98. The van der Waals surface area contributed by atoms with E-state index in [1.807, 2.05) is 0 Å². The smallest absolute Gasteiger partial charge is 0.0837 e. The molecule has 1 fully saturated rings. The molecule has 0 aromatic heterocycles. The largest absolute Gasteiger partial charge is 0.390 e. The highest BCUT2D eigenvalue weighted by Gasteiger charge is 2.23. The molecule has 0 bridgehead atoms. The fourth-order valence-corrected chi connectivity index (χ4v) is 2.64. The summed E-state index contributed by atoms with van der Waals surface area (Å²) in [7, 11) is 0. The highest BCUT2D eigenvalue weighted by atomic mass is 16.5. The summed E-state index contributed by atoms with van der Waals surface area (Å²) in [6.07, 6.45) is 12.1. The summed E-state index contributed by atoms with van der Waals surface area (Å²) in [6.45, 7) is 4.39. The minimum Gasteiger partial charge on any atom is -0.390 e. The lowest BCUT2D eigenvalue weighted by Crippen LogP contribution is -2.31. The van der Waals surface area contributed by atoms with Crippen molar-refractivity contribution in [1.29, 1.82) is 0 Å². The molecule has 0 amide bonds. The Morgan fingerprint density at radius 2 is 1.88 bits per heavy atom. The van der Waals surface area contributed by atoms with Crippen molar-refractivity contribution in [3.8, 4) is 0 Å². The van der Waals surface area contributed by atoms with E-state index in [0.717, 1.165) is 25.7 Å². The molecule has 0 saturated heterocycles. The quantitative estimate of drug-likeness (QED) is 0.539. The van der Waals surface area contributed by atoms with Crippen molar-refractivity contribution in [3.63, 3.8) is 0 Å². The molecular formula is C15H30O2. The van der Waals surface area contributed by atoms with Crippen LogP contribution in [0.5, 0.6) is 0 Å². The molecule has 17 heavy (non-hydrogen) atoms. The molecule has 0 aliphatic heterocycles. The average molecular weight is 242 g/mol. The Labute approximate surface area is 107 Å². The molecule has 0 heterocycles. The van der Waals surface area contributed by atoms with Crippen LogP contribution in [0.1, 0.15) is 78.1 Å². The van der Waals surface area contributed by atoms with Crippen molar-refractivity contribution in [2.45, 2.75) is 96.4 Å². The van der Waals surface area contributed by atoms with E-state index in [1.54, 1.807) is 0 Å². The first-order chi connectivity index (χ1) is 8.24. The first kappa shape index (κ1) is 15.0. The molecule has 0 aromatic rings. The van der Waals surface area contributed by atoms with Crippen LogP contribution in [-0.4, -0.2) is 23.4 Å². The maximum Gasteiger partial charge on any atom is 0.0837 e. The number of rotatable bonds is 7. The van der Waals surface area contributed by atoms with Gasteiger partial charge < -0.3 is 9.84 Å². The fraction of sp³-hybridized carbons (Fsp3) is 1.00. The van der Waals surface area contributed by atoms with Crippen molar-refractivity contribution >= 4 is 0 Å². The minimum atomic E-state index is -0.226. The van der Waals surface area contributed by atoms with Gasteiger partial charge in [0.2, 0.25) is 0 Å². The van der Waals surface area contributed by atoms with Gasteiger partial charge in [-0.2, -0.15) is 0 Å². The van der Waals surface area contributed by atoms with Crippen molar-refractivity contribution in [3.05, 3.63) is 0 Å². The standard InChI is InChI=1S/C15H30O2/c1-3-4-5-7-10-13(2)17-15-12-9-6-8-11-14(15)16/h13-16H,3-12H2,1-2H3. The summed E-state index contributed by atoms with van der Waals surface area (Å²) in [4.78, 5) is 0. The maximum atomic E-state index is 9.98. The minimum absolute atomic E-state index is 0.0960. The number of hydrogen-bond donors (Lipinski definition) is 1. The van der Waals surface area contributed by atoms with Gasteiger partial charge in [0.1, 0.15) is 0 Å². The van der Waals surface area contributed by atoms with Crippen LogP contribution in [-0.2, 0) is 4.74 Å². The average Bonchev–Trinajstić information content (AvgIpc) is 2.51. The second-order valence-electron chi connectivity index (χ2n) is 5.54. The fourth-order valence-electron chi connectivity index (χ4n) is 2.64. The topological polar surface area (TPSA) is 29.5 Å². The zero-order chi connectivity index (χ0) is 12.5. The molecule has 1 N–H and O–H groups in total. The Balaban J connectivity index is 2.16. The monoisotopic (exact) mass is 242 g/mol. The molecule has 1 rings (SSSR count). The molecule has 2 heteroatoms. The first-order valence-corrected chi connectivity index (χ1v) is 7.57. The Bertz CT molecular complexity index is 182. The summed E-state index contributed by atoms with van der Waals surface area (Å²) >= 11 is 0. The summed E-state index contributed by atoms with van der Waals surface area (Å²) in [5.74, 6) is 0. The predicted molar refractivity (Wildman–Crippen MR) is 72.2 cm³/mol. The van der Waals surface area contributed by atoms with Gasteiger partial charge in [-0.3, -0.25) is 0 Å². The Kier molecular flexibility index (Phi) is 7.87. The van der Waals surface area contributed by atoms with E-state index in [1.165, 1.54) is 38.5 Å². The van der Waals surface area contributed by atoms with Gasteiger partial charge in [-0.1, -0.05) is 51.9 Å². The highest BCUT2D eigenvalue weighted by molar-refractivity contribution is 4.74. The van der Waals surface area contributed by atoms with Crippen LogP contribution < -0.4 is 0 Å². The molecule has 1 aliphatic rings. The molecule has 1 saturated carbocycles. The molecular weight excluding hydrogens is 212 g/mol. The van der Waals surface area contributed by atoms with Crippen molar-refractivity contribution < 1.29 is 9.84 Å². The van der Waals surface area contributed by atoms with Gasteiger partial charge in [0, 0.05) is 0 Å². The van der Waals surface area contributed by atoms with Gasteiger partial charge in [-0.15, -0.1) is 0 Å². The van der Waals surface area contributed by atoms with Crippen molar-refractivity contribution in [1.82, 2.24) is 0 Å². The highest BCUT2D eigenvalue weighted by Crippen LogP contribution is 2.22. The maximum absolute atomic E-state index is 9.98. The van der Waals surface area contributed by atoms with Crippen LogP contribution in [0.3, 0.4) is 0 Å². The molecule has 0 aromatic carbocycles. The van der Waals surface area contributed by atoms with E-state index in [0.29, 0.717) is 6.10 Å². The van der Waals surface area contributed by atoms with E-state index < -0.39 is 0 Å². The van der Waals surface area contributed by atoms with Gasteiger partial charge in [0.15, 0.2) is 0 Å². The van der Waals surface area contributed by atoms with Crippen LogP contribution in [0.15, 0.2) is 0 Å². The zero-order valence-electron chi connectivity index (χ0n) is 11.7. The third-order valence-electron chi connectivity index (χ3n) is 3.79. The van der Waals surface area contributed by atoms with Crippen molar-refractivity contribution in [2.24, 2.45) is 0 Å². The normalized spacial score (nSPS) is 27.7. The summed E-state index contributed by atoms with van der Waals surface area (Å²) in [5.41, 5.74) is 0. The van der Waals surface area contributed by atoms with Crippen LogP contribution in [0.2, 0.25) is 0 Å². The molecule has 1 aliphatic carbocycles. The third-order valence-corrected chi connectivity index (χ3v) is 3.79. The zero-order valence-corrected chi connectivity index (χ0v) is 11.7. The van der Waals surface area contributed by atoms with Gasteiger partial charge in [0.25, 0.3) is 0 Å². The summed E-state index contributed by atoms with van der Waals surface area (Å²) in [6, 6.07) is 0. The number of ether oxygens (including phenoxy) is 1. The predicted octanol–water partition coefficient (Wildman–Crippen LogP) is 4.06. The number of aliphatic hydroxyl groups excluding tert-OH is 1. The van der Waals surface area contributed by atoms with Crippen LogP contribution in [0.25, 0.3) is 0 Å². The Morgan fingerprint density at radius 3 is 2.65 bits per heavy atom. The lowest BCUT2D eigenvalue weighted by Gasteiger charge is -2.25.